The topological polar surface area (TPSA) is 38.3 Å². The molecule has 4 bridgehead atoms. The maximum absolute atomic E-state index is 13.4. The monoisotopic (exact) mass is 353 g/mol. The number of carbonyl (C=O) groups excluding carboxylic acids is 1. The lowest BCUT2D eigenvalue weighted by atomic mass is 9.59. The highest BCUT2D eigenvalue weighted by atomic mass is 16.5. The average molecular weight is 353 g/mol. The van der Waals surface area contributed by atoms with Crippen LogP contribution >= 0.6 is 0 Å². The third-order valence-electron chi connectivity index (χ3n) is 7.59. The highest BCUT2D eigenvalue weighted by Crippen LogP contribution is 2.58. The van der Waals surface area contributed by atoms with Crippen molar-refractivity contribution in [3.05, 3.63) is 47.2 Å². The summed E-state index contributed by atoms with van der Waals surface area (Å²) in [6.45, 7) is 4.50. The molecule has 6 atom stereocenters. The molecule has 4 heteroatoms. The molecule has 2 aliphatic carbocycles. The molecule has 6 rings (SSSR count). The number of fused-ring (bicyclic) bond motifs is 2. The Morgan fingerprint density at radius 1 is 1.38 bits per heavy atom. The van der Waals surface area contributed by atoms with E-state index in [1.54, 1.807) is 7.11 Å². The van der Waals surface area contributed by atoms with Gasteiger partial charge in [0, 0.05) is 24.0 Å². The molecular formula is C22H29N2O2+. The molecule has 26 heavy (non-hydrogen) atoms. The summed E-state index contributed by atoms with van der Waals surface area (Å²) in [5.74, 6) is 0.807. The zero-order valence-electron chi connectivity index (χ0n) is 16.0. The fraction of sp³-hybridized carbons (Fsp3) is 0.591. The lowest BCUT2D eigenvalue weighted by molar-refractivity contribution is -0.943. The molecule has 0 saturated carbocycles. The first-order chi connectivity index (χ1) is 12.5. The average Bonchev–Trinajstić information content (AvgIpc) is 3.00. The molecule has 1 fully saturated rings. The van der Waals surface area contributed by atoms with E-state index in [2.05, 4.69) is 49.7 Å². The predicted molar refractivity (Wildman–Crippen MR) is 101 cm³/mol. The number of carbonyl (C=O) groups is 1. The molecule has 1 N–H and O–H groups in total. The highest BCUT2D eigenvalue weighted by Gasteiger charge is 2.68. The van der Waals surface area contributed by atoms with Gasteiger partial charge in [-0.15, -0.1) is 0 Å². The van der Waals surface area contributed by atoms with Gasteiger partial charge >= 0.3 is 5.97 Å². The van der Waals surface area contributed by atoms with E-state index < -0.39 is 5.41 Å². The second kappa shape index (κ2) is 5.35. The van der Waals surface area contributed by atoms with Gasteiger partial charge in [0.25, 0.3) is 0 Å². The molecule has 0 aromatic heterocycles. The van der Waals surface area contributed by atoms with Crippen LogP contribution in [-0.4, -0.2) is 49.8 Å². The number of ether oxygens (including phenoxy) is 1. The quantitative estimate of drug-likeness (QED) is 0.471. The Balaban J connectivity index is 1.74. The Bertz CT molecular complexity index is 792. The van der Waals surface area contributed by atoms with Gasteiger partial charge in [-0.2, -0.15) is 0 Å². The number of allylic oxidation sites excluding steroid dienone is 2. The summed E-state index contributed by atoms with van der Waals surface area (Å²) in [7, 11) is 3.93. The zero-order chi connectivity index (χ0) is 18.1. The van der Waals surface area contributed by atoms with Crippen molar-refractivity contribution in [3.8, 4) is 0 Å². The van der Waals surface area contributed by atoms with Gasteiger partial charge in [0.05, 0.1) is 33.3 Å². The van der Waals surface area contributed by atoms with Crippen LogP contribution in [0.5, 0.6) is 0 Å². The Labute approximate surface area is 155 Å². The molecule has 0 aromatic carbocycles. The molecule has 4 heterocycles. The van der Waals surface area contributed by atoms with Gasteiger partial charge in [-0.25, -0.2) is 0 Å². The van der Waals surface area contributed by atoms with Gasteiger partial charge in [-0.05, 0) is 24.0 Å². The molecule has 0 radical (unpaired) electrons. The van der Waals surface area contributed by atoms with Gasteiger partial charge in [0.2, 0.25) is 0 Å². The van der Waals surface area contributed by atoms with E-state index in [9.17, 15) is 4.79 Å². The molecule has 0 spiro atoms. The number of esters is 1. The first-order valence-corrected chi connectivity index (χ1v) is 10.0. The van der Waals surface area contributed by atoms with E-state index in [1.807, 2.05) is 0 Å². The summed E-state index contributed by atoms with van der Waals surface area (Å²) in [6.07, 6.45) is 14.3. The summed E-state index contributed by atoms with van der Waals surface area (Å²) in [4.78, 5) is 13.4. The van der Waals surface area contributed by atoms with Gasteiger partial charge in [-0.1, -0.05) is 37.3 Å². The normalized spacial score (nSPS) is 44.8. The SMILES string of the molecule is CCC1=CC2CC3(C(=O)OC)C4=C(CC[N+](C)(C2)C13)C1C=CC=CC1N4. The van der Waals surface area contributed by atoms with Gasteiger partial charge in [0.15, 0.2) is 5.41 Å². The smallest absolute Gasteiger partial charge is 0.324 e. The van der Waals surface area contributed by atoms with Crippen LogP contribution < -0.4 is 5.32 Å². The van der Waals surface area contributed by atoms with Crippen molar-refractivity contribution >= 4 is 5.97 Å². The largest absolute Gasteiger partial charge is 0.468 e. The zero-order valence-corrected chi connectivity index (χ0v) is 16.0. The highest BCUT2D eigenvalue weighted by molar-refractivity contribution is 5.83. The lowest BCUT2D eigenvalue weighted by Crippen LogP contribution is -2.70. The number of rotatable bonds is 2. The number of nitrogens with one attached hydrogen (secondary N) is 1. The summed E-state index contributed by atoms with van der Waals surface area (Å²) in [5.41, 5.74) is 3.56. The van der Waals surface area contributed by atoms with Crippen molar-refractivity contribution in [3.63, 3.8) is 0 Å². The Morgan fingerprint density at radius 2 is 2.19 bits per heavy atom. The minimum Gasteiger partial charge on any atom is -0.468 e. The number of likely N-dealkylation sites (N-methyl/N-ethyl adjacent to an activating group) is 1. The molecule has 1 saturated heterocycles. The molecule has 4 nitrogen and oxygen atoms in total. The van der Waals surface area contributed by atoms with Crippen LogP contribution in [0.4, 0.5) is 0 Å². The van der Waals surface area contributed by atoms with E-state index >= 15 is 0 Å². The maximum Gasteiger partial charge on any atom is 0.324 e. The molecular weight excluding hydrogens is 324 g/mol. The summed E-state index contributed by atoms with van der Waals surface area (Å²) >= 11 is 0. The van der Waals surface area contributed by atoms with Gasteiger partial charge in [0.1, 0.15) is 6.04 Å². The second-order valence-electron chi connectivity index (χ2n) is 8.93. The summed E-state index contributed by atoms with van der Waals surface area (Å²) in [5, 5.41) is 3.80. The van der Waals surface area contributed by atoms with Crippen LogP contribution in [0.1, 0.15) is 26.2 Å². The van der Waals surface area contributed by atoms with Crippen LogP contribution in [0.2, 0.25) is 0 Å². The molecule has 138 valence electrons. The summed E-state index contributed by atoms with van der Waals surface area (Å²) < 4.78 is 6.46. The van der Waals surface area contributed by atoms with E-state index in [0.717, 1.165) is 36.8 Å². The third kappa shape index (κ3) is 1.86. The second-order valence-corrected chi connectivity index (χ2v) is 8.93. The number of methoxy groups -OCH3 is 1. The first kappa shape index (κ1) is 16.4. The molecule has 6 aliphatic rings. The van der Waals surface area contributed by atoms with Crippen molar-refractivity contribution in [2.75, 3.05) is 27.2 Å². The van der Waals surface area contributed by atoms with E-state index in [4.69, 9.17) is 4.74 Å². The van der Waals surface area contributed by atoms with Crippen molar-refractivity contribution in [2.45, 2.75) is 38.3 Å². The van der Waals surface area contributed by atoms with E-state index in [1.165, 1.54) is 16.8 Å². The Hall–Kier alpha value is -1.81. The van der Waals surface area contributed by atoms with Crippen molar-refractivity contribution in [1.29, 1.82) is 0 Å². The predicted octanol–water partition coefficient (Wildman–Crippen LogP) is 2.70. The number of quaternary nitrogens is 1. The van der Waals surface area contributed by atoms with Crippen LogP contribution in [0.25, 0.3) is 0 Å². The van der Waals surface area contributed by atoms with Gasteiger partial charge in [-0.3, -0.25) is 4.79 Å². The van der Waals surface area contributed by atoms with Crippen LogP contribution in [-0.2, 0) is 9.53 Å². The minimum absolute atomic E-state index is 0.0379. The van der Waals surface area contributed by atoms with Crippen LogP contribution in [0.15, 0.2) is 47.2 Å². The van der Waals surface area contributed by atoms with Gasteiger partial charge < -0.3 is 14.5 Å². The standard InChI is InChI=1S/C22H29N2O2/c1-4-15-11-14-12-22(21(25)26-3)19-17(9-10-24(2,13-14)20(15)22)16-7-5-6-8-18(16)23-19/h5-8,11,14,16,18,20,23H,4,9-10,12-13H2,1-3H3/q+1. The van der Waals surface area contributed by atoms with Crippen molar-refractivity contribution < 1.29 is 14.0 Å². The van der Waals surface area contributed by atoms with E-state index in [0.29, 0.717) is 11.8 Å². The maximum atomic E-state index is 13.4. The van der Waals surface area contributed by atoms with Crippen LogP contribution in [0, 0.1) is 17.3 Å². The first-order valence-electron chi connectivity index (χ1n) is 10.0. The molecule has 0 amide bonds. The minimum atomic E-state index is -0.544. The number of nitrogens with zero attached hydrogens (tertiary/aromatic N) is 1. The molecule has 0 aromatic rings. The fourth-order valence-corrected chi connectivity index (χ4v) is 6.82. The van der Waals surface area contributed by atoms with Crippen molar-refractivity contribution in [1.82, 2.24) is 5.32 Å². The summed E-state index contributed by atoms with van der Waals surface area (Å²) in [6, 6.07) is 0.496. The lowest BCUT2D eigenvalue weighted by Gasteiger charge is -2.58. The molecule has 6 unspecified atom stereocenters. The number of hydrogen-bond acceptors (Lipinski definition) is 3. The number of piperidine rings is 1. The Kier molecular flexibility index (Phi) is 3.37. The van der Waals surface area contributed by atoms with E-state index in [-0.39, 0.29) is 18.1 Å². The van der Waals surface area contributed by atoms with Crippen molar-refractivity contribution in [2.24, 2.45) is 17.3 Å². The van der Waals surface area contributed by atoms with Crippen LogP contribution in [0.3, 0.4) is 0 Å². The fourth-order valence-electron chi connectivity index (χ4n) is 6.82. The Morgan fingerprint density at radius 3 is 2.96 bits per heavy atom. The number of hydrogen-bond donors (Lipinski definition) is 1. The molecule has 4 aliphatic heterocycles. The third-order valence-corrected chi connectivity index (χ3v) is 7.59.